The highest BCUT2D eigenvalue weighted by Gasteiger charge is 2.49. The Bertz CT molecular complexity index is 915. The van der Waals surface area contributed by atoms with Crippen LogP contribution >= 0.6 is 0 Å². The molecule has 2 heterocycles. The molecule has 2 aliphatic heterocycles. The van der Waals surface area contributed by atoms with E-state index in [-0.39, 0.29) is 26.1 Å². The Hall–Kier alpha value is -2.13. The molecule has 0 spiro atoms. The highest BCUT2D eigenvalue weighted by Crippen LogP contribution is 2.31. The molecule has 1 saturated carbocycles. The minimum Gasteiger partial charge on any atom is -0.515 e. The number of hydroxylamine groups is 2. The van der Waals surface area contributed by atoms with Gasteiger partial charge in [0.15, 0.2) is 6.29 Å². The second-order valence-corrected chi connectivity index (χ2v) is 10.6. The zero-order valence-corrected chi connectivity index (χ0v) is 23.9. The maximum atomic E-state index is 12.6. The minimum absolute atomic E-state index is 0.0153. The highest BCUT2D eigenvalue weighted by atomic mass is 16.7. The average molecular weight is 605 g/mol. The number of amides is 2. The van der Waals surface area contributed by atoms with Crippen molar-refractivity contribution < 1.29 is 44.3 Å². The summed E-state index contributed by atoms with van der Waals surface area (Å²) in [5, 5.41) is 51.1. The molecule has 0 aromatic rings. The lowest BCUT2D eigenvalue weighted by Crippen LogP contribution is -2.67. The molecule has 15 N–H and O–H groups in total. The van der Waals surface area contributed by atoms with E-state index in [1.165, 1.54) is 0 Å². The molecule has 42 heavy (non-hydrogen) atoms. The Morgan fingerprint density at radius 3 is 2.55 bits per heavy atom. The Morgan fingerprint density at radius 2 is 1.88 bits per heavy atom. The quantitative estimate of drug-likeness (QED) is 0.0416. The normalized spacial score (nSPS) is 36.3. The largest absolute Gasteiger partial charge is 0.515 e. The number of nitrogens with two attached hydrogens (primary N) is 4. The van der Waals surface area contributed by atoms with Gasteiger partial charge in [-0.3, -0.25) is 5.21 Å². The SMILES string of the molecule is CN[C@H]1/C(=C\O)CO[C@H](O[C@H]2[C@H](NC(=O)N(O)CCN)C[C@H](N)C(O[C@H]3OC(CNCCCN)=CC[C@H]3N)[C@@H]2O)[C@@H]1O. The Morgan fingerprint density at radius 1 is 1.14 bits per heavy atom. The molecular weight excluding hydrogens is 556 g/mol. The lowest BCUT2D eigenvalue weighted by molar-refractivity contribution is -0.275. The summed E-state index contributed by atoms with van der Waals surface area (Å²) in [5.41, 5.74) is 24.1. The van der Waals surface area contributed by atoms with Gasteiger partial charge >= 0.3 is 6.03 Å². The molecule has 0 aromatic carbocycles. The summed E-state index contributed by atoms with van der Waals surface area (Å²) in [5.74, 6) is 0.628. The molecule has 1 aliphatic carbocycles. The summed E-state index contributed by atoms with van der Waals surface area (Å²) in [6, 6.07) is -3.87. The first-order valence-corrected chi connectivity index (χ1v) is 14.2. The number of carbonyl (C=O) groups is 1. The number of aliphatic hydroxyl groups excluding tert-OH is 3. The minimum atomic E-state index is -1.45. The molecule has 0 aromatic heterocycles. The number of rotatable bonds is 13. The summed E-state index contributed by atoms with van der Waals surface area (Å²) in [6.45, 7) is 1.53. The van der Waals surface area contributed by atoms with Gasteiger partial charge in [0, 0.05) is 18.2 Å². The monoisotopic (exact) mass is 604 g/mol. The van der Waals surface area contributed by atoms with Crippen molar-refractivity contribution in [3.63, 3.8) is 0 Å². The van der Waals surface area contributed by atoms with Crippen molar-refractivity contribution in [3.05, 3.63) is 23.7 Å². The van der Waals surface area contributed by atoms with Crippen molar-refractivity contribution in [1.82, 2.24) is 21.0 Å². The summed E-state index contributed by atoms with van der Waals surface area (Å²) in [4.78, 5) is 12.6. The van der Waals surface area contributed by atoms with E-state index in [0.29, 0.717) is 42.5 Å². The van der Waals surface area contributed by atoms with Gasteiger partial charge in [-0.2, -0.15) is 0 Å². The predicted octanol–water partition coefficient (Wildman–Crippen LogP) is -3.78. The topological polar surface area (TPSA) is 278 Å². The van der Waals surface area contributed by atoms with E-state index in [9.17, 15) is 25.3 Å². The van der Waals surface area contributed by atoms with Crippen LogP contribution in [-0.2, 0) is 18.9 Å². The van der Waals surface area contributed by atoms with Gasteiger partial charge in [0.25, 0.3) is 0 Å². The second kappa shape index (κ2) is 16.6. The van der Waals surface area contributed by atoms with E-state index in [1.54, 1.807) is 7.05 Å². The lowest BCUT2D eigenvalue weighted by Gasteiger charge is -2.47. The third-order valence-corrected chi connectivity index (χ3v) is 7.49. The van der Waals surface area contributed by atoms with Crippen molar-refractivity contribution >= 4 is 6.03 Å². The molecule has 1 saturated heterocycles. The van der Waals surface area contributed by atoms with Gasteiger partial charge in [-0.15, -0.1) is 0 Å². The zero-order valence-electron chi connectivity index (χ0n) is 23.9. The molecule has 0 radical (unpaired) electrons. The first-order chi connectivity index (χ1) is 20.1. The van der Waals surface area contributed by atoms with E-state index in [4.69, 9.17) is 41.9 Å². The number of ether oxygens (including phenoxy) is 4. The third-order valence-electron chi connectivity index (χ3n) is 7.49. The maximum Gasteiger partial charge on any atom is 0.341 e. The van der Waals surface area contributed by atoms with E-state index in [0.717, 1.165) is 12.7 Å². The molecule has 10 atom stereocenters. The van der Waals surface area contributed by atoms with Crippen LogP contribution in [0.15, 0.2) is 23.7 Å². The standard InChI is InChI=1S/C25H48N8O9/c1-30-18-13(11-34)12-39-24(19(18)35)42-22-17(32-25(37)33(38)8-6-27)9-16(29)21(20(22)36)41-23-15(28)4-3-14(40-23)10-31-7-2-5-26/h3,11,15-24,30-31,34-36,38H,2,4-10,12,26-29H2,1H3,(H,32,37)/b13-11-/t15-,16+,17-,18+,19-,20+,21?,22+,23-,24-/m1/s1. The van der Waals surface area contributed by atoms with Crippen molar-refractivity contribution in [2.24, 2.45) is 22.9 Å². The summed E-state index contributed by atoms with van der Waals surface area (Å²) in [7, 11) is 1.60. The zero-order chi connectivity index (χ0) is 30.8. The molecule has 1 unspecified atom stereocenters. The predicted molar refractivity (Wildman–Crippen MR) is 150 cm³/mol. The first kappa shape index (κ1) is 34.4. The van der Waals surface area contributed by atoms with E-state index < -0.39 is 67.2 Å². The fourth-order valence-electron chi connectivity index (χ4n) is 5.19. The Labute approximate surface area is 245 Å². The van der Waals surface area contributed by atoms with Gasteiger partial charge < -0.3 is 73.2 Å². The van der Waals surface area contributed by atoms with Gasteiger partial charge in [-0.05, 0) is 45.5 Å². The van der Waals surface area contributed by atoms with Crippen molar-refractivity contribution in [2.45, 2.75) is 80.4 Å². The second-order valence-electron chi connectivity index (χ2n) is 10.6. The number of nitrogens with one attached hydrogen (secondary N) is 3. The molecule has 17 nitrogen and oxygen atoms in total. The summed E-state index contributed by atoms with van der Waals surface area (Å²) >= 11 is 0. The molecule has 2 fully saturated rings. The van der Waals surface area contributed by atoms with Gasteiger partial charge in [0.05, 0.1) is 44.1 Å². The van der Waals surface area contributed by atoms with Crippen LogP contribution in [-0.4, -0.2) is 139 Å². The Balaban J connectivity index is 1.77. The van der Waals surface area contributed by atoms with Crippen LogP contribution in [0.3, 0.4) is 0 Å². The van der Waals surface area contributed by atoms with Crippen molar-refractivity contribution in [3.8, 4) is 0 Å². The first-order valence-electron chi connectivity index (χ1n) is 14.2. The molecule has 3 rings (SSSR count). The van der Waals surface area contributed by atoms with Crippen molar-refractivity contribution in [1.29, 1.82) is 0 Å². The van der Waals surface area contributed by atoms with E-state index in [1.807, 2.05) is 6.08 Å². The van der Waals surface area contributed by atoms with Crippen LogP contribution in [0.5, 0.6) is 0 Å². The van der Waals surface area contributed by atoms with Crippen LogP contribution in [0.1, 0.15) is 19.3 Å². The number of aliphatic hydroxyl groups is 3. The highest BCUT2D eigenvalue weighted by molar-refractivity contribution is 5.73. The van der Waals surface area contributed by atoms with E-state index >= 15 is 0 Å². The van der Waals surface area contributed by atoms with Crippen LogP contribution in [0.2, 0.25) is 0 Å². The van der Waals surface area contributed by atoms with E-state index in [2.05, 4.69) is 16.0 Å². The van der Waals surface area contributed by atoms with Gasteiger partial charge in [-0.25, -0.2) is 9.86 Å². The number of urea groups is 1. The molecular formula is C25H48N8O9. The number of hydrogen-bond acceptors (Lipinski definition) is 15. The van der Waals surface area contributed by atoms with Crippen molar-refractivity contribution in [2.75, 3.05) is 46.4 Å². The van der Waals surface area contributed by atoms with Gasteiger partial charge in [-0.1, -0.05) is 0 Å². The number of hydrogen-bond donors (Lipinski definition) is 11. The fraction of sp³-hybridized carbons (Fsp3) is 0.800. The van der Waals surface area contributed by atoms with Gasteiger partial charge in [0.2, 0.25) is 6.29 Å². The van der Waals surface area contributed by atoms with Crippen LogP contribution in [0.4, 0.5) is 4.79 Å². The van der Waals surface area contributed by atoms with Crippen LogP contribution in [0.25, 0.3) is 0 Å². The van der Waals surface area contributed by atoms with Gasteiger partial charge in [0.1, 0.15) is 30.2 Å². The molecule has 17 heteroatoms. The molecule has 0 bridgehead atoms. The number of carbonyl (C=O) groups excluding carboxylic acids is 1. The summed E-state index contributed by atoms with van der Waals surface area (Å²) < 4.78 is 23.8. The number of nitrogens with zero attached hydrogens (tertiary/aromatic N) is 1. The molecule has 3 aliphatic rings. The maximum absolute atomic E-state index is 12.6. The van der Waals surface area contributed by atoms with Crippen LogP contribution in [0, 0.1) is 0 Å². The fourth-order valence-corrected chi connectivity index (χ4v) is 5.19. The molecule has 2 amide bonds. The number of likely N-dealkylation sites (N-methyl/N-ethyl adjacent to an activating group) is 1. The third kappa shape index (κ3) is 8.71. The van der Waals surface area contributed by atoms with Crippen LogP contribution < -0.4 is 38.9 Å². The summed E-state index contributed by atoms with van der Waals surface area (Å²) in [6.07, 6.45) is -3.16. The smallest absolute Gasteiger partial charge is 0.341 e. The Kier molecular flexibility index (Phi) is 13.6. The molecule has 242 valence electrons. The average Bonchev–Trinajstić information content (AvgIpc) is 2.97. The lowest BCUT2D eigenvalue weighted by atomic mass is 9.83.